The molecule has 2 aromatic rings. The highest BCUT2D eigenvalue weighted by Crippen LogP contribution is 2.11. The molecule has 0 aliphatic carbocycles. The van der Waals surface area contributed by atoms with Crippen molar-refractivity contribution in [2.24, 2.45) is 5.10 Å². The lowest BCUT2D eigenvalue weighted by molar-refractivity contribution is -0.384. The van der Waals surface area contributed by atoms with Gasteiger partial charge in [0.1, 0.15) is 12.2 Å². The third-order valence-electron chi connectivity index (χ3n) is 2.93. The normalized spacial score (nSPS) is 10.4. The molecule has 0 bridgehead atoms. The van der Waals surface area contributed by atoms with E-state index in [-0.39, 0.29) is 5.69 Å². The van der Waals surface area contributed by atoms with Crippen molar-refractivity contribution in [1.82, 2.24) is 5.43 Å². The van der Waals surface area contributed by atoms with Crippen LogP contribution in [0.2, 0.25) is 0 Å². The first-order valence-electron chi connectivity index (χ1n) is 7.06. The van der Waals surface area contributed by atoms with Gasteiger partial charge in [0.2, 0.25) is 11.8 Å². The lowest BCUT2D eigenvalue weighted by Gasteiger charge is -2.04. The summed E-state index contributed by atoms with van der Waals surface area (Å²) in [5, 5.41) is 16.7. The standard InChI is InChI=1S/C16H13FN4O4/c17-12-4-6-13(7-5-12)19-15(22)9-16(23)20-18-10-11-2-1-3-14(8-11)21(24)25/h1-8,10H,9H2,(H,19,22)(H,20,23). The van der Waals surface area contributed by atoms with E-state index in [1.165, 1.54) is 48.7 Å². The summed E-state index contributed by atoms with van der Waals surface area (Å²) in [5.74, 6) is -1.69. The van der Waals surface area contributed by atoms with Crippen LogP contribution in [-0.2, 0) is 9.59 Å². The highest BCUT2D eigenvalue weighted by Gasteiger charge is 2.09. The average Bonchev–Trinajstić information content (AvgIpc) is 2.57. The third-order valence-corrected chi connectivity index (χ3v) is 2.93. The maximum atomic E-state index is 12.8. The SMILES string of the molecule is O=C(CC(=O)Nc1ccc(F)cc1)NN=Cc1cccc([N+](=O)[O-])c1. The summed E-state index contributed by atoms with van der Waals surface area (Å²) >= 11 is 0. The van der Waals surface area contributed by atoms with Crippen LogP contribution in [0.1, 0.15) is 12.0 Å². The smallest absolute Gasteiger partial charge is 0.270 e. The Morgan fingerprint density at radius 3 is 2.56 bits per heavy atom. The Balaban J connectivity index is 1.83. The molecule has 0 saturated carbocycles. The number of non-ortho nitro benzene ring substituents is 1. The molecular formula is C16H13FN4O4. The molecule has 25 heavy (non-hydrogen) atoms. The number of hydrogen-bond acceptors (Lipinski definition) is 5. The summed E-state index contributed by atoms with van der Waals surface area (Å²) < 4.78 is 12.8. The van der Waals surface area contributed by atoms with Crippen LogP contribution in [-0.4, -0.2) is 23.0 Å². The van der Waals surface area contributed by atoms with Gasteiger partial charge < -0.3 is 5.32 Å². The largest absolute Gasteiger partial charge is 0.326 e. The fourth-order valence-electron chi connectivity index (χ4n) is 1.82. The molecule has 0 saturated heterocycles. The number of nitrogens with zero attached hydrogens (tertiary/aromatic N) is 2. The summed E-state index contributed by atoms with van der Waals surface area (Å²) in [7, 11) is 0. The molecule has 0 aliphatic rings. The van der Waals surface area contributed by atoms with Crippen LogP contribution in [0.5, 0.6) is 0 Å². The molecule has 0 atom stereocenters. The van der Waals surface area contributed by atoms with E-state index in [9.17, 15) is 24.1 Å². The number of rotatable bonds is 6. The minimum atomic E-state index is -0.665. The number of hydrogen-bond donors (Lipinski definition) is 2. The highest BCUT2D eigenvalue weighted by atomic mass is 19.1. The molecule has 2 aromatic carbocycles. The highest BCUT2D eigenvalue weighted by molar-refractivity contribution is 6.03. The van der Waals surface area contributed by atoms with Crippen molar-refractivity contribution in [3.05, 3.63) is 70.0 Å². The number of amides is 2. The fourth-order valence-corrected chi connectivity index (χ4v) is 1.82. The average molecular weight is 344 g/mol. The van der Waals surface area contributed by atoms with Crippen molar-refractivity contribution in [2.75, 3.05) is 5.32 Å². The summed E-state index contributed by atoms with van der Waals surface area (Å²) in [6.45, 7) is 0. The van der Waals surface area contributed by atoms with Gasteiger partial charge in [0.25, 0.3) is 5.69 Å². The number of benzene rings is 2. The first-order chi connectivity index (χ1) is 11.9. The van der Waals surface area contributed by atoms with Crippen LogP contribution in [0.25, 0.3) is 0 Å². The van der Waals surface area contributed by atoms with Crippen LogP contribution in [0, 0.1) is 15.9 Å². The van der Waals surface area contributed by atoms with E-state index in [1.807, 2.05) is 0 Å². The van der Waals surface area contributed by atoms with E-state index in [2.05, 4.69) is 15.8 Å². The van der Waals surface area contributed by atoms with Crippen molar-refractivity contribution >= 4 is 29.4 Å². The summed E-state index contributed by atoms with van der Waals surface area (Å²) in [6.07, 6.45) is 0.742. The molecule has 128 valence electrons. The molecule has 0 fully saturated rings. The predicted molar refractivity (Wildman–Crippen MR) is 88.5 cm³/mol. The quantitative estimate of drug-likeness (QED) is 0.362. The number of hydrazone groups is 1. The number of carbonyl (C=O) groups excluding carboxylic acids is 2. The number of nitro groups is 1. The molecule has 0 heterocycles. The van der Waals surface area contributed by atoms with Gasteiger partial charge in [0.15, 0.2) is 0 Å². The predicted octanol–water partition coefficient (Wildman–Crippen LogP) is 2.21. The Morgan fingerprint density at radius 2 is 1.88 bits per heavy atom. The lowest BCUT2D eigenvalue weighted by atomic mass is 10.2. The maximum absolute atomic E-state index is 12.8. The molecular weight excluding hydrogens is 331 g/mol. The molecule has 9 heteroatoms. The molecule has 0 spiro atoms. The molecule has 0 radical (unpaired) electrons. The van der Waals surface area contributed by atoms with E-state index < -0.39 is 29.0 Å². The lowest BCUT2D eigenvalue weighted by Crippen LogP contribution is -2.24. The first-order valence-corrected chi connectivity index (χ1v) is 7.06. The molecule has 8 nitrogen and oxygen atoms in total. The van der Waals surface area contributed by atoms with Crippen LogP contribution < -0.4 is 10.7 Å². The third kappa shape index (κ3) is 5.82. The molecule has 2 rings (SSSR count). The van der Waals surface area contributed by atoms with Crippen LogP contribution in [0.15, 0.2) is 53.6 Å². The van der Waals surface area contributed by atoms with E-state index in [1.54, 1.807) is 6.07 Å². The zero-order chi connectivity index (χ0) is 18.2. The summed E-state index contributed by atoms with van der Waals surface area (Å²) in [6, 6.07) is 10.8. The Morgan fingerprint density at radius 1 is 1.16 bits per heavy atom. The Hall–Kier alpha value is -3.62. The molecule has 2 amide bonds. The van der Waals surface area contributed by atoms with E-state index in [0.29, 0.717) is 11.3 Å². The summed E-state index contributed by atoms with van der Waals surface area (Å²) in [4.78, 5) is 33.4. The topological polar surface area (TPSA) is 114 Å². The number of nitrogens with one attached hydrogen (secondary N) is 2. The van der Waals surface area contributed by atoms with Crippen LogP contribution in [0.4, 0.5) is 15.8 Å². The van der Waals surface area contributed by atoms with Gasteiger partial charge in [-0.1, -0.05) is 12.1 Å². The maximum Gasteiger partial charge on any atom is 0.270 e. The van der Waals surface area contributed by atoms with Crippen LogP contribution in [0.3, 0.4) is 0 Å². The second kappa shape index (κ2) is 8.29. The minimum absolute atomic E-state index is 0.103. The van der Waals surface area contributed by atoms with E-state index in [0.717, 1.165) is 0 Å². The van der Waals surface area contributed by atoms with Gasteiger partial charge in [0.05, 0.1) is 11.1 Å². The van der Waals surface area contributed by atoms with Crippen molar-refractivity contribution in [2.45, 2.75) is 6.42 Å². The van der Waals surface area contributed by atoms with Gasteiger partial charge in [-0.25, -0.2) is 9.82 Å². The number of anilines is 1. The Kier molecular flexibility index (Phi) is 5.88. The molecule has 0 aliphatic heterocycles. The zero-order valence-electron chi connectivity index (χ0n) is 12.8. The van der Waals surface area contributed by atoms with Crippen LogP contribution >= 0.6 is 0 Å². The van der Waals surface area contributed by atoms with Gasteiger partial charge in [-0.2, -0.15) is 5.10 Å². The first kappa shape index (κ1) is 17.7. The van der Waals surface area contributed by atoms with Gasteiger partial charge in [0, 0.05) is 23.4 Å². The fraction of sp³-hybridized carbons (Fsp3) is 0.0625. The van der Waals surface area contributed by atoms with Gasteiger partial charge in [-0.3, -0.25) is 19.7 Å². The van der Waals surface area contributed by atoms with Gasteiger partial charge in [-0.15, -0.1) is 0 Å². The van der Waals surface area contributed by atoms with E-state index in [4.69, 9.17) is 0 Å². The number of halogens is 1. The summed E-state index contributed by atoms with van der Waals surface area (Å²) in [5.41, 5.74) is 2.82. The Labute approximate surface area is 141 Å². The number of carbonyl (C=O) groups is 2. The second-order valence-corrected chi connectivity index (χ2v) is 4.88. The molecule has 0 aromatic heterocycles. The second-order valence-electron chi connectivity index (χ2n) is 4.88. The minimum Gasteiger partial charge on any atom is -0.326 e. The number of nitro benzene ring substituents is 1. The van der Waals surface area contributed by atoms with Crippen molar-refractivity contribution < 1.29 is 18.9 Å². The monoisotopic (exact) mass is 344 g/mol. The van der Waals surface area contributed by atoms with Crippen molar-refractivity contribution in [1.29, 1.82) is 0 Å². The van der Waals surface area contributed by atoms with E-state index >= 15 is 0 Å². The van der Waals surface area contributed by atoms with Gasteiger partial charge >= 0.3 is 0 Å². The van der Waals surface area contributed by atoms with Gasteiger partial charge in [-0.05, 0) is 24.3 Å². The van der Waals surface area contributed by atoms with Crippen molar-refractivity contribution in [3.63, 3.8) is 0 Å². The van der Waals surface area contributed by atoms with Crippen molar-refractivity contribution in [3.8, 4) is 0 Å². The molecule has 0 unspecified atom stereocenters. The zero-order valence-corrected chi connectivity index (χ0v) is 12.8. The Bertz CT molecular complexity index is 821. The molecule has 2 N–H and O–H groups in total.